The maximum atomic E-state index is 12.7. The van der Waals surface area contributed by atoms with Crippen molar-refractivity contribution < 1.29 is 9.21 Å². The van der Waals surface area contributed by atoms with Crippen LogP contribution in [0.25, 0.3) is 27.9 Å². The van der Waals surface area contributed by atoms with E-state index in [0.717, 1.165) is 56.5 Å². The van der Waals surface area contributed by atoms with Gasteiger partial charge in [0.15, 0.2) is 0 Å². The van der Waals surface area contributed by atoms with Crippen molar-refractivity contribution in [3.05, 3.63) is 69.6 Å². The first kappa shape index (κ1) is 23.8. The van der Waals surface area contributed by atoms with Gasteiger partial charge in [-0.2, -0.15) is 11.8 Å². The smallest absolute Gasteiger partial charge is 0.263 e. The highest BCUT2D eigenvalue weighted by molar-refractivity contribution is 7.99. The minimum Gasteiger partial charge on any atom is -0.438 e. The van der Waals surface area contributed by atoms with Crippen LogP contribution in [0.3, 0.4) is 0 Å². The lowest BCUT2D eigenvalue weighted by Gasteiger charge is -2.13. The third-order valence-electron chi connectivity index (χ3n) is 6.04. The van der Waals surface area contributed by atoms with Gasteiger partial charge in [0.2, 0.25) is 5.71 Å². The number of aryl methyl sites for hydroxylation is 1. The van der Waals surface area contributed by atoms with E-state index in [-0.39, 0.29) is 11.3 Å². The molecule has 0 unspecified atom stereocenters. The fraction of sp³-hybridized carbons (Fsp3) is 0.333. The van der Waals surface area contributed by atoms with Crippen molar-refractivity contribution in [3.63, 3.8) is 0 Å². The monoisotopic (exact) mass is 504 g/mol. The Bertz CT molecular complexity index is 1430. The summed E-state index contributed by atoms with van der Waals surface area (Å²) in [5.74, 6) is 2.92. The molecule has 1 N–H and O–H groups in total. The van der Waals surface area contributed by atoms with Gasteiger partial charge in [-0.1, -0.05) is 39.0 Å². The van der Waals surface area contributed by atoms with E-state index in [1.54, 1.807) is 12.5 Å². The molecule has 0 saturated carbocycles. The Morgan fingerprint density at radius 3 is 2.74 bits per heavy atom. The molecule has 1 aliphatic rings. The molecule has 1 amide bonds. The number of hydrogen-bond acceptors (Lipinski definition) is 7. The summed E-state index contributed by atoms with van der Waals surface area (Å²) in [5, 5.41) is 4.91. The maximum Gasteiger partial charge on any atom is 0.263 e. The molecule has 1 aromatic carbocycles. The van der Waals surface area contributed by atoms with Crippen molar-refractivity contribution in [1.29, 1.82) is 0 Å². The van der Waals surface area contributed by atoms with Crippen LogP contribution < -0.4 is 5.32 Å². The molecule has 35 heavy (non-hydrogen) atoms. The number of carbonyl (C=O) groups is 1. The predicted octanol–water partition coefficient (Wildman–Crippen LogP) is 6.40. The van der Waals surface area contributed by atoms with Crippen LogP contribution in [-0.2, 0) is 12.0 Å². The van der Waals surface area contributed by atoms with Crippen molar-refractivity contribution >= 4 is 45.7 Å². The van der Waals surface area contributed by atoms with Crippen LogP contribution in [0.2, 0.25) is 0 Å². The number of furan rings is 1. The second-order valence-electron chi connectivity index (χ2n) is 9.71. The fourth-order valence-electron chi connectivity index (χ4n) is 4.02. The van der Waals surface area contributed by atoms with Gasteiger partial charge in [0.25, 0.3) is 5.91 Å². The zero-order valence-electron chi connectivity index (χ0n) is 20.3. The second kappa shape index (κ2) is 9.59. The molecule has 1 aliphatic heterocycles. The van der Waals surface area contributed by atoms with Gasteiger partial charge < -0.3 is 9.73 Å². The van der Waals surface area contributed by atoms with Crippen LogP contribution in [0, 0.1) is 6.92 Å². The Kier molecular flexibility index (Phi) is 6.51. The third-order valence-corrected chi connectivity index (χ3v) is 8.35. The average molecular weight is 505 g/mol. The van der Waals surface area contributed by atoms with Gasteiger partial charge in [0.05, 0.1) is 22.3 Å². The summed E-state index contributed by atoms with van der Waals surface area (Å²) < 4.78 is 6.07. The van der Waals surface area contributed by atoms with Crippen molar-refractivity contribution in [2.75, 3.05) is 11.5 Å². The number of nitrogens with one attached hydrogen (secondary N) is 1. The molecule has 0 spiro atoms. The normalized spacial score (nSPS) is 14.2. The zero-order chi connectivity index (χ0) is 24.6. The minimum atomic E-state index is -0.0969. The largest absolute Gasteiger partial charge is 0.438 e. The molecule has 8 heteroatoms. The highest BCUT2D eigenvalue weighted by Gasteiger charge is 2.21. The number of thiazole rings is 1. The van der Waals surface area contributed by atoms with E-state index in [1.807, 2.05) is 23.9 Å². The first-order chi connectivity index (χ1) is 16.8. The quantitative estimate of drug-likeness (QED) is 0.339. The molecule has 0 aliphatic carbocycles. The first-order valence-corrected chi connectivity index (χ1v) is 13.6. The third kappa shape index (κ3) is 5.04. The summed E-state index contributed by atoms with van der Waals surface area (Å²) in [6.07, 6.45) is 6.47. The van der Waals surface area contributed by atoms with Gasteiger partial charge in [-0.25, -0.2) is 15.0 Å². The Labute approximate surface area is 213 Å². The molecule has 180 valence electrons. The number of carbonyl (C=O) groups excluding carboxylic acids is 1. The number of benzene rings is 1. The Morgan fingerprint density at radius 1 is 1.17 bits per heavy atom. The highest BCUT2D eigenvalue weighted by Crippen LogP contribution is 2.34. The summed E-state index contributed by atoms with van der Waals surface area (Å²) in [6, 6.07) is 8.27. The van der Waals surface area contributed by atoms with Gasteiger partial charge in [-0.05, 0) is 47.9 Å². The number of rotatable bonds is 5. The molecule has 4 aromatic rings. The van der Waals surface area contributed by atoms with Gasteiger partial charge in [-0.15, -0.1) is 11.3 Å². The van der Waals surface area contributed by atoms with Crippen molar-refractivity contribution in [2.24, 2.45) is 0 Å². The lowest BCUT2D eigenvalue weighted by atomic mass is 9.98. The fourth-order valence-corrected chi connectivity index (χ4v) is 5.76. The van der Waals surface area contributed by atoms with E-state index < -0.39 is 0 Å². The van der Waals surface area contributed by atoms with Crippen LogP contribution in [0.15, 0.2) is 47.3 Å². The van der Waals surface area contributed by atoms with Crippen molar-refractivity contribution in [2.45, 2.75) is 46.1 Å². The molecule has 0 radical (unpaired) electrons. The SMILES string of the molecule is Cc1cc(-c2ncnc3oc(C4=CCSCC4)cc23)ccc1CNC(=O)c1cnc(C(C)(C)C)s1. The number of nitrogens with zero attached hydrogens (tertiary/aromatic N) is 3. The Hall–Kier alpha value is -2.97. The van der Waals surface area contributed by atoms with Crippen LogP contribution in [-0.4, -0.2) is 32.4 Å². The molecule has 3 aromatic heterocycles. The van der Waals surface area contributed by atoms with E-state index in [1.165, 1.54) is 16.9 Å². The van der Waals surface area contributed by atoms with Gasteiger partial charge in [0, 0.05) is 23.3 Å². The van der Waals surface area contributed by atoms with E-state index >= 15 is 0 Å². The van der Waals surface area contributed by atoms with E-state index in [4.69, 9.17) is 4.42 Å². The summed E-state index contributed by atoms with van der Waals surface area (Å²) >= 11 is 3.38. The van der Waals surface area contributed by atoms with Crippen LogP contribution >= 0.6 is 23.1 Å². The summed E-state index contributed by atoms with van der Waals surface area (Å²) in [6.45, 7) is 8.80. The number of thioether (sulfide) groups is 1. The predicted molar refractivity (Wildman–Crippen MR) is 144 cm³/mol. The molecular formula is C27H28N4O2S2. The standard InChI is InChI=1S/C27H28N4O2S2/c1-16-11-18(5-6-19(16)13-28-24(32)22-14-29-26(35-22)27(2,3)4)23-20-12-21(17-7-9-34-10-8-17)33-25(20)31-15-30-23/h5-7,11-12,14-15H,8-10,13H2,1-4H3,(H,28,32). The number of fused-ring (bicyclic) bond motifs is 1. The summed E-state index contributed by atoms with van der Waals surface area (Å²) in [4.78, 5) is 26.6. The van der Waals surface area contributed by atoms with Gasteiger partial charge >= 0.3 is 0 Å². The summed E-state index contributed by atoms with van der Waals surface area (Å²) in [5.41, 5.74) is 5.79. The Balaban J connectivity index is 1.34. The second-order valence-corrected chi connectivity index (χ2v) is 11.9. The van der Waals surface area contributed by atoms with E-state index in [0.29, 0.717) is 17.1 Å². The average Bonchev–Trinajstić information content (AvgIpc) is 3.51. The Morgan fingerprint density at radius 2 is 2.03 bits per heavy atom. The maximum absolute atomic E-state index is 12.7. The molecule has 4 heterocycles. The molecule has 0 fully saturated rings. The number of allylic oxidation sites excluding steroid dienone is 1. The molecule has 0 saturated heterocycles. The van der Waals surface area contributed by atoms with Crippen molar-refractivity contribution in [1.82, 2.24) is 20.3 Å². The van der Waals surface area contributed by atoms with Gasteiger partial charge in [0.1, 0.15) is 17.0 Å². The van der Waals surface area contributed by atoms with Crippen LogP contribution in [0.1, 0.15) is 58.8 Å². The lowest BCUT2D eigenvalue weighted by Crippen LogP contribution is -2.22. The highest BCUT2D eigenvalue weighted by atomic mass is 32.2. The van der Waals surface area contributed by atoms with Gasteiger partial charge in [-0.3, -0.25) is 4.79 Å². The molecule has 0 bridgehead atoms. The molecular weight excluding hydrogens is 476 g/mol. The van der Waals surface area contributed by atoms with Crippen molar-refractivity contribution in [3.8, 4) is 11.3 Å². The van der Waals surface area contributed by atoms with Crippen LogP contribution in [0.4, 0.5) is 0 Å². The summed E-state index contributed by atoms with van der Waals surface area (Å²) in [7, 11) is 0. The molecule has 0 atom stereocenters. The number of amides is 1. The number of hydrogen-bond donors (Lipinski definition) is 1. The van der Waals surface area contributed by atoms with E-state index in [2.05, 4.69) is 66.2 Å². The van der Waals surface area contributed by atoms with E-state index in [9.17, 15) is 4.79 Å². The lowest BCUT2D eigenvalue weighted by molar-refractivity contribution is 0.0954. The minimum absolute atomic E-state index is 0.0653. The zero-order valence-corrected chi connectivity index (χ0v) is 22.0. The first-order valence-electron chi connectivity index (χ1n) is 11.7. The topological polar surface area (TPSA) is 80.9 Å². The van der Waals surface area contributed by atoms with Crippen LogP contribution in [0.5, 0.6) is 0 Å². The molecule has 6 nitrogen and oxygen atoms in total. The number of aromatic nitrogens is 3. The molecule has 5 rings (SSSR count).